The number of anilines is 1. The Morgan fingerprint density at radius 1 is 1.38 bits per heavy atom. The molecule has 1 aromatic rings. The van der Waals surface area contributed by atoms with Gasteiger partial charge >= 0.3 is 5.97 Å². The van der Waals surface area contributed by atoms with Gasteiger partial charge in [-0.25, -0.2) is 4.79 Å². The van der Waals surface area contributed by atoms with E-state index in [-0.39, 0.29) is 12.1 Å². The Hall–Kier alpha value is -1.77. The monoisotopic (exact) mass is 219 g/mol. The lowest BCUT2D eigenvalue weighted by Gasteiger charge is -2.07. The molecule has 0 unspecified atom stereocenters. The van der Waals surface area contributed by atoms with Gasteiger partial charge in [0.1, 0.15) is 0 Å². The van der Waals surface area contributed by atoms with Crippen LogP contribution < -0.4 is 5.32 Å². The molecule has 0 saturated carbocycles. The zero-order chi connectivity index (χ0) is 12.0. The van der Waals surface area contributed by atoms with E-state index in [4.69, 9.17) is 5.11 Å². The number of carboxylic acids is 1. The van der Waals surface area contributed by atoms with Crippen molar-refractivity contribution in [3.05, 3.63) is 42.0 Å². The zero-order valence-electron chi connectivity index (χ0n) is 9.49. The number of aliphatic carboxylic acids is 1. The Morgan fingerprint density at radius 2 is 2.00 bits per heavy atom. The van der Waals surface area contributed by atoms with Gasteiger partial charge in [-0.3, -0.25) is 0 Å². The fourth-order valence-corrected chi connectivity index (χ4v) is 1.36. The molecule has 1 aromatic carbocycles. The molecular weight excluding hydrogens is 202 g/mol. The Balaban J connectivity index is 2.49. The number of nitrogens with one attached hydrogen (secondary N) is 1. The molecule has 0 saturated heterocycles. The summed E-state index contributed by atoms with van der Waals surface area (Å²) < 4.78 is 0. The lowest BCUT2D eigenvalue weighted by atomic mass is 10.1. The molecule has 0 aliphatic heterocycles. The highest BCUT2D eigenvalue weighted by molar-refractivity contribution is 5.86. The van der Waals surface area contributed by atoms with Gasteiger partial charge in [0.05, 0.1) is 0 Å². The molecule has 0 aromatic heterocycles. The van der Waals surface area contributed by atoms with E-state index >= 15 is 0 Å². The molecular formula is C13H17NO2. The summed E-state index contributed by atoms with van der Waals surface area (Å²) in [7, 11) is 0. The van der Waals surface area contributed by atoms with Gasteiger partial charge in [0, 0.05) is 17.8 Å². The molecule has 0 aliphatic rings. The number of rotatable bonds is 6. The first-order valence-corrected chi connectivity index (χ1v) is 5.37. The third kappa shape index (κ3) is 3.77. The second-order valence-corrected chi connectivity index (χ2v) is 3.71. The molecule has 0 fully saturated rings. The minimum absolute atomic E-state index is 0.164. The normalized spacial score (nSPS) is 9.81. The van der Waals surface area contributed by atoms with Crippen molar-refractivity contribution < 1.29 is 9.90 Å². The highest BCUT2D eigenvalue weighted by Gasteiger charge is 2.02. The average Bonchev–Trinajstić information content (AvgIpc) is 2.28. The minimum atomic E-state index is -0.963. The van der Waals surface area contributed by atoms with E-state index in [9.17, 15) is 4.79 Å². The highest BCUT2D eigenvalue weighted by Crippen LogP contribution is 2.11. The largest absolute Gasteiger partial charge is 0.478 e. The van der Waals surface area contributed by atoms with Crippen LogP contribution in [0, 0.1) is 0 Å². The van der Waals surface area contributed by atoms with Crippen LogP contribution in [0.15, 0.2) is 36.4 Å². The van der Waals surface area contributed by atoms with Crippen LogP contribution in [0.4, 0.5) is 5.69 Å². The van der Waals surface area contributed by atoms with E-state index in [1.54, 1.807) is 0 Å². The predicted molar refractivity (Wildman–Crippen MR) is 65.7 cm³/mol. The molecule has 0 aliphatic carbocycles. The SMILES string of the molecule is C=C(CNc1ccc(CCC)cc1)C(=O)O. The summed E-state index contributed by atoms with van der Waals surface area (Å²) in [4.78, 5) is 10.5. The van der Waals surface area contributed by atoms with Crippen LogP contribution in [-0.4, -0.2) is 17.6 Å². The van der Waals surface area contributed by atoms with Gasteiger partial charge in [0.25, 0.3) is 0 Å². The van der Waals surface area contributed by atoms with Crippen LogP contribution in [0.3, 0.4) is 0 Å². The van der Waals surface area contributed by atoms with Crippen molar-refractivity contribution in [3.8, 4) is 0 Å². The summed E-state index contributed by atoms with van der Waals surface area (Å²) in [6, 6.07) is 8.02. The number of carboxylic acid groups (broad SMARTS) is 1. The number of carbonyl (C=O) groups is 1. The van der Waals surface area contributed by atoms with Crippen LogP contribution in [0.1, 0.15) is 18.9 Å². The van der Waals surface area contributed by atoms with Gasteiger partial charge in [-0.2, -0.15) is 0 Å². The summed E-state index contributed by atoms with van der Waals surface area (Å²) >= 11 is 0. The second kappa shape index (κ2) is 5.95. The van der Waals surface area contributed by atoms with Crippen molar-refractivity contribution in [1.82, 2.24) is 0 Å². The van der Waals surface area contributed by atoms with Gasteiger partial charge < -0.3 is 10.4 Å². The van der Waals surface area contributed by atoms with Crippen molar-refractivity contribution in [2.75, 3.05) is 11.9 Å². The third-order valence-electron chi connectivity index (χ3n) is 2.30. The molecule has 0 amide bonds. The molecule has 0 heterocycles. The molecule has 16 heavy (non-hydrogen) atoms. The molecule has 1 rings (SSSR count). The Morgan fingerprint density at radius 3 is 2.50 bits per heavy atom. The molecule has 0 spiro atoms. The molecule has 0 bridgehead atoms. The smallest absolute Gasteiger partial charge is 0.332 e. The quantitative estimate of drug-likeness (QED) is 0.723. The van der Waals surface area contributed by atoms with Crippen LogP contribution in [-0.2, 0) is 11.2 Å². The van der Waals surface area contributed by atoms with Gasteiger partial charge in [-0.1, -0.05) is 32.1 Å². The lowest BCUT2D eigenvalue weighted by Crippen LogP contribution is -2.11. The van der Waals surface area contributed by atoms with E-state index in [0.717, 1.165) is 18.5 Å². The van der Waals surface area contributed by atoms with Crippen molar-refractivity contribution in [2.24, 2.45) is 0 Å². The van der Waals surface area contributed by atoms with E-state index in [2.05, 4.69) is 31.0 Å². The fourth-order valence-electron chi connectivity index (χ4n) is 1.36. The van der Waals surface area contributed by atoms with E-state index in [1.807, 2.05) is 12.1 Å². The number of hydrogen-bond acceptors (Lipinski definition) is 2. The second-order valence-electron chi connectivity index (χ2n) is 3.71. The zero-order valence-corrected chi connectivity index (χ0v) is 9.49. The summed E-state index contributed by atoms with van der Waals surface area (Å²) in [5.41, 5.74) is 2.38. The molecule has 3 heteroatoms. The van der Waals surface area contributed by atoms with Gasteiger partial charge in [0.2, 0.25) is 0 Å². The minimum Gasteiger partial charge on any atom is -0.478 e. The van der Waals surface area contributed by atoms with Crippen LogP contribution in [0.25, 0.3) is 0 Å². The van der Waals surface area contributed by atoms with Gasteiger partial charge in [0.15, 0.2) is 0 Å². The lowest BCUT2D eigenvalue weighted by molar-refractivity contribution is -0.132. The Labute approximate surface area is 95.8 Å². The molecule has 0 atom stereocenters. The maximum Gasteiger partial charge on any atom is 0.332 e. The molecule has 86 valence electrons. The van der Waals surface area contributed by atoms with Crippen LogP contribution in [0.5, 0.6) is 0 Å². The van der Waals surface area contributed by atoms with E-state index in [1.165, 1.54) is 5.56 Å². The molecule has 3 nitrogen and oxygen atoms in total. The first kappa shape index (κ1) is 12.3. The van der Waals surface area contributed by atoms with Crippen molar-refractivity contribution in [1.29, 1.82) is 0 Å². The van der Waals surface area contributed by atoms with E-state index < -0.39 is 5.97 Å². The van der Waals surface area contributed by atoms with Crippen molar-refractivity contribution >= 4 is 11.7 Å². The predicted octanol–water partition coefficient (Wildman–Crippen LogP) is 2.69. The highest BCUT2D eigenvalue weighted by atomic mass is 16.4. The Bertz CT molecular complexity index is 368. The number of hydrogen-bond donors (Lipinski definition) is 2. The maximum absolute atomic E-state index is 10.5. The number of benzene rings is 1. The standard InChI is InChI=1S/C13H17NO2/c1-3-4-11-5-7-12(8-6-11)14-9-10(2)13(15)16/h5-8,14H,2-4,9H2,1H3,(H,15,16). The van der Waals surface area contributed by atoms with Gasteiger partial charge in [-0.05, 0) is 24.1 Å². The first-order valence-electron chi connectivity index (χ1n) is 5.37. The summed E-state index contributed by atoms with van der Waals surface area (Å²) in [5, 5.41) is 11.6. The van der Waals surface area contributed by atoms with Crippen molar-refractivity contribution in [3.63, 3.8) is 0 Å². The first-order chi connectivity index (χ1) is 7.63. The topological polar surface area (TPSA) is 49.3 Å². The molecule has 0 radical (unpaired) electrons. The summed E-state index contributed by atoms with van der Waals surface area (Å²) in [6.45, 7) is 5.86. The van der Waals surface area contributed by atoms with Crippen LogP contribution >= 0.6 is 0 Å². The Kier molecular flexibility index (Phi) is 4.58. The maximum atomic E-state index is 10.5. The van der Waals surface area contributed by atoms with Crippen LogP contribution in [0.2, 0.25) is 0 Å². The molecule has 2 N–H and O–H groups in total. The number of aryl methyl sites for hydroxylation is 1. The summed E-state index contributed by atoms with van der Waals surface area (Å²) in [5.74, 6) is -0.963. The average molecular weight is 219 g/mol. The van der Waals surface area contributed by atoms with E-state index in [0.29, 0.717) is 0 Å². The fraction of sp³-hybridized carbons (Fsp3) is 0.308. The van der Waals surface area contributed by atoms with Crippen molar-refractivity contribution in [2.45, 2.75) is 19.8 Å². The van der Waals surface area contributed by atoms with Gasteiger partial charge in [-0.15, -0.1) is 0 Å². The third-order valence-corrected chi connectivity index (χ3v) is 2.30. The summed E-state index contributed by atoms with van der Waals surface area (Å²) in [6.07, 6.45) is 2.20.